The molecule has 4 heteroatoms. The number of rotatable bonds is 5. The van der Waals surface area contributed by atoms with Gasteiger partial charge in [0.15, 0.2) is 0 Å². The normalized spacial score (nSPS) is 14.6. The van der Waals surface area contributed by atoms with Crippen molar-refractivity contribution in [2.24, 2.45) is 0 Å². The fourth-order valence-electron chi connectivity index (χ4n) is 2.88. The first-order chi connectivity index (χ1) is 11.3. The summed E-state index contributed by atoms with van der Waals surface area (Å²) in [6.07, 6.45) is 0. The summed E-state index contributed by atoms with van der Waals surface area (Å²) in [5.74, 6) is 0.901. The number of anilines is 2. The van der Waals surface area contributed by atoms with Crippen molar-refractivity contribution in [1.29, 1.82) is 0 Å². The summed E-state index contributed by atoms with van der Waals surface area (Å²) in [4.78, 5) is 4.62. The van der Waals surface area contributed by atoms with E-state index in [0.717, 1.165) is 38.6 Å². The quantitative estimate of drug-likeness (QED) is 0.846. The molecule has 1 heterocycles. The molecular formula is C19H24N2O2. The van der Waals surface area contributed by atoms with E-state index in [4.69, 9.17) is 9.47 Å². The Hall–Kier alpha value is -2.20. The summed E-state index contributed by atoms with van der Waals surface area (Å²) in [6, 6.07) is 17.0. The number of ether oxygens (including phenoxy) is 2. The molecule has 0 amide bonds. The molecule has 0 aliphatic carbocycles. The topological polar surface area (TPSA) is 24.9 Å². The second-order valence-corrected chi connectivity index (χ2v) is 5.82. The summed E-state index contributed by atoms with van der Waals surface area (Å²) in [5.41, 5.74) is 3.72. The summed E-state index contributed by atoms with van der Waals surface area (Å²) in [5, 5.41) is 0. The smallest absolute Gasteiger partial charge is 0.119 e. The van der Waals surface area contributed by atoms with Gasteiger partial charge >= 0.3 is 0 Å². The molecule has 0 saturated carbocycles. The van der Waals surface area contributed by atoms with Gasteiger partial charge in [-0.1, -0.05) is 12.1 Å². The van der Waals surface area contributed by atoms with Gasteiger partial charge in [0.05, 0.1) is 20.3 Å². The SMILES string of the molecule is COc1cccc(CN(C)c2ccc(N3CCOCC3)cc2)c1. The molecule has 23 heavy (non-hydrogen) atoms. The van der Waals surface area contributed by atoms with Gasteiger partial charge in [0.1, 0.15) is 5.75 Å². The highest BCUT2D eigenvalue weighted by Gasteiger charge is 2.11. The molecule has 3 rings (SSSR count). The summed E-state index contributed by atoms with van der Waals surface area (Å²) >= 11 is 0. The lowest BCUT2D eigenvalue weighted by molar-refractivity contribution is 0.122. The molecular weight excluding hydrogens is 288 g/mol. The number of benzene rings is 2. The zero-order chi connectivity index (χ0) is 16.1. The van der Waals surface area contributed by atoms with Crippen LogP contribution in [-0.2, 0) is 11.3 Å². The van der Waals surface area contributed by atoms with Gasteiger partial charge in [-0.3, -0.25) is 0 Å². The average molecular weight is 312 g/mol. The van der Waals surface area contributed by atoms with Gasteiger partial charge < -0.3 is 19.3 Å². The van der Waals surface area contributed by atoms with Crippen LogP contribution in [0.5, 0.6) is 5.75 Å². The van der Waals surface area contributed by atoms with Crippen LogP contribution in [0.15, 0.2) is 48.5 Å². The van der Waals surface area contributed by atoms with Gasteiger partial charge in [0.2, 0.25) is 0 Å². The van der Waals surface area contributed by atoms with Crippen molar-refractivity contribution in [3.05, 3.63) is 54.1 Å². The van der Waals surface area contributed by atoms with Crippen LogP contribution in [0.3, 0.4) is 0 Å². The van der Waals surface area contributed by atoms with Crippen LogP contribution >= 0.6 is 0 Å². The maximum Gasteiger partial charge on any atom is 0.119 e. The van der Waals surface area contributed by atoms with E-state index in [1.165, 1.54) is 16.9 Å². The van der Waals surface area contributed by atoms with Crippen molar-refractivity contribution in [2.45, 2.75) is 6.54 Å². The number of methoxy groups -OCH3 is 1. The molecule has 0 radical (unpaired) electrons. The Labute approximate surface area is 138 Å². The first kappa shape index (κ1) is 15.7. The van der Waals surface area contributed by atoms with Crippen molar-refractivity contribution in [1.82, 2.24) is 0 Å². The first-order valence-electron chi connectivity index (χ1n) is 8.03. The van der Waals surface area contributed by atoms with Crippen molar-refractivity contribution < 1.29 is 9.47 Å². The molecule has 0 unspecified atom stereocenters. The molecule has 4 nitrogen and oxygen atoms in total. The van der Waals surface area contributed by atoms with Crippen LogP contribution in [-0.4, -0.2) is 40.5 Å². The first-order valence-corrected chi connectivity index (χ1v) is 8.03. The summed E-state index contributed by atoms with van der Waals surface area (Å²) in [7, 11) is 3.82. The van der Waals surface area contributed by atoms with Crippen molar-refractivity contribution in [3.8, 4) is 5.75 Å². The highest BCUT2D eigenvalue weighted by atomic mass is 16.5. The van der Waals surface area contributed by atoms with E-state index in [2.05, 4.69) is 53.2 Å². The number of hydrogen-bond donors (Lipinski definition) is 0. The van der Waals surface area contributed by atoms with Gasteiger partial charge in [-0.05, 0) is 42.0 Å². The van der Waals surface area contributed by atoms with Crippen molar-refractivity contribution >= 4 is 11.4 Å². The molecule has 0 bridgehead atoms. The van der Waals surface area contributed by atoms with E-state index in [9.17, 15) is 0 Å². The fraction of sp³-hybridized carbons (Fsp3) is 0.368. The lowest BCUT2D eigenvalue weighted by Crippen LogP contribution is -2.36. The predicted molar refractivity (Wildman–Crippen MR) is 94.6 cm³/mol. The minimum Gasteiger partial charge on any atom is -0.497 e. The third-order valence-electron chi connectivity index (χ3n) is 4.22. The molecule has 0 N–H and O–H groups in total. The monoisotopic (exact) mass is 312 g/mol. The second kappa shape index (κ2) is 7.38. The van der Waals surface area contributed by atoms with Crippen molar-refractivity contribution in [3.63, 3.8) is 0 Å². The zero-order valence-electron chi connectivity index (χ0n) is 13.9. The lowest BCUT2D eigenvalue weighted by atomic mass is 10.2. The van der Waals surface area contributed by atoms with E-state index in [0.29, 0.717) is 0 Å². The molecule has 2 aromatic rings. The molecule has 2 aromatic carbocycles. The Bertz CT molecular complexity index is 622. The Morgan fingerprint density at radius 2 is 1.83 bits per heavy atom. The highest BCUT2D eigenvalue weighted by Crippen LogP contribution is 2.23. The zero-order valence-corrected chi connectivity index (χ0v) is 13.9. The second-order valence-electron chi connectivity index (χ2n) is 5.82. The van der Waals surface area contributed by atoms with Gasteiger partial charge in [-0.15, -0.1) is 0 Å². The third kappa shape index (κ3) is 3.96. The largest absolute Gasteiger partial charge is 0.497 e. The van der Waals surface area contributed by atoms with E-state index in [1.807, 2.05) is 12.1 Å². The van der Waals surface area contributed by atoms with E-state index in [-0.39, 0.29) is 0 Å². The maximum atomic E-state index is 5.41. The Morgan fingerprint density at radius 3 is 2.52 bits per heavy atom. The standard InChI is InChI=1S/C19H24N2O2/c1-20(15-16-4-3-5-19(14-16)22-2)17-6-8-18(9-7-17)21-10-12-23-13-11-21/h3-9,14H,10-13,15H2,1-2H3. The lowest BCUT2D eigenvalue weighted by Gasteiger charge is -2.29. The van der Waals surface area contributed by atoms with E-state index in [1.54, 1.807) is 7.11 Å². The van der Waals surface area contributed by atoms with Crippen LogP contribution in [0.1, 0.15) is 5.56 Å². The summed E-state index contributed by atoms with van der Waals surface area (Å²) < 4.78 is 10.7. The minimum absolute atomic E-state index is 0.817. The van der Waals surface area contributed by atoms with Crippen LogP contribution in [0.2, 0.25) is 0 Å². The number of morpholine rings is 1. The average Bonchev–Trinajstić information content (AvgIpc) is 2.63. The minimum atomic E-state index is 0.817. The Balaban J connectivity index is 1.66. The van der Waals surface area contributed by atoms with Crippen molar-refractivity contribution in [2.75, 3.05) is 50.3 Å². The van der Waals surface area contributed by atoms with Crippen LogP contribution in [0.4, 0.5) is 11.4 Å². The van der Waals surface area contributed by atoms with Gasteiger partial charge in [-0.25, -0.2) is 0 Å². The Morgan fingerprint density at radius 1 is 1.09 bits per heavy atom. The fourth-order valence-corrected chi connectivity index (χ4v) is 2.88. The molecule has 0 aromatic heterocycles. The van der Waals surface area contributed by atoms with Gasteiger partial charge in [0, 0.05) is 38.1 Å². The predicted octanol–water partition coefficient (Wildman–Crippen LogP) is 3.17. The molecule has 1 saturated heterocycles. The maximum absolute atomic E-state index is 5.41. The van der Waals surface area contributed by atoms with Crippen LogP contribution in [0, 0.1) is 0 Å². The molecule has 1 aliphatic rings. The van der Waals surface area contributed by atoms with Crippen LogP contribution < -0.4 is 14.5 Å². The number of hydrogen-bond acceptors (Lipinski definition) is 4. The third-order valence-corrected chi connectivity index (χ3v) is 4.22. The molecule has 1 aliphatic heterocycles. The van der Waals surface area contributed by atoms with Gasteiger partial charge in [0.25, 0.3) is 0 Å². The van der Waals surface area contributed by atoms with E-state index >= 15 is 0 Å². The highest BCUT2D eigenvalue weighted by molar-refractivity contribution is 5.56. The van der Waals surface area contributed by atoms with E-state index < -0.39 is 0 Å². The molecule has 0 spiro atoms. The Kier molecular flexibility index (Phi) is 5.03. The molecule has 0 atom stereocenters. The summed E-state index contributed by atoms with van der Waals surface area (Å²) in [6.45, 7) is 4.43. The van der Waals surface area contributed by atoms with Crippen LogP contribution in [0.25, 0.3) is 0 Å². The van der Waals surface area contributed by atoms with Gasteiger partial charge in [-0.2, -0.15) is 0 Å². The molecule has 1 fully saturated rings. The number of nitrogens with zero attached hydrogens (tertiary/aromatic N) is 2. The molecule has 122 valence electrons.